The zero-order valence-electron chi connectivity index (χ0n) is 23.3. The van der Waals surface area contributed by atoms with Gasteiger partial charge in [0.2, 0.25) is 0 Å². The zero-order chi connectivity index (χ0) is 28.1. The topological polar surface area (TPSA) is 74.2 Å². The molecule has 1 saturated carbocycles. The van der Waals surface area contributed by atoms with Gasteiger partial charge in [0.15, 0.2) is 11.5 Å². The number of hydrogen-bond donors (Lipinski definition) is 0. The predicted octanol–water partition coefficient (Wildman–Crippen LogP) is 6.80. The van der Waals surface area contributed by atoms with Crippen LogP contribution in [0.2, 0.25) is 0 Å². The number of hydrogen-bond acceptors (Lipinski definition) is 6. The molecule has 206 valence electrons. The number of carbonyl (C=O) groups is 2. The first-order valence-corrected chi connectivity index (χ1v) is 13.9. The molecule has 6 heteroatoms. The van der Waals surface area contributed by atoms with Crippen molar-refractivity contribution in [2.75, 3.05) is 13.7 Å². The summed E-state index contributed by atoms with van der Waals surface area (Å²) in [6.07, 6.45) is 1.92. The Morgan fingerprint density at radius 2 is 1.62 bits per heavy atom. The van der Waals surface area contributed by atoms with E-state index in [1.807, 2.05) is 80.6 Å². The molecule has 2 aliphatic rings. The highest BCUT2D eigenvalue weighted by Crippen LogP contribution is 2.47. The summed E-state index contributed by atoms with van der Waals surface area (Å²) in [6, 6.07) is 25.3. The van der Waals surface area contributed by atoms with Crippen molar-refractivity contribution in [1.82, 2.24) is 0 Å². The standard InChI is InChI=1S/C34H35NO5/c1-4-17-39-29-16-15-25(20-30(29)38-3)32-31(34(37)40-21-23-11-7-5-8-12-23)22(2)35-27-18-26(19-28(36)33(27)32)24-13-9-6-10-14-24/h5-16,20,26,32-33H,4,17-19,21H2,1-3H3/t26-,32+,33?/m0/s1. The van der Waals surface area contributed by atoms with Crippen molar-refractivity contribution in [3.63, 3.8) is 0 Å². The van der Waals surface area contributed by atoms with E-state index < -0.39 is 17.8 Å². The lowest BCUT2D eigenvalue weighted by molar-refractivity contribution is -0.140. The average Bonchev–Trinajstić information content (AvgIpc) is 2.99. The van der Waals surface area contributed by atoms with Gasteiger partial charge < -0.3 is 14.2 Å². The third-order valence-electron chi connectivity index (χ3n) is 7.67. The Hall–Kier alpha value is -4.19. The molecule has 1 aliphatic carbocycles. The summed E-state index contributed by atoms with van der Waals surface area (Å²) in [7, 11) is 1.60. The summed E-state index contributed by atoms with van der Waals surface area (Å²) in [5, 5.41) is 0. The maximum absolute atomic E-state index is 13.9. The van der Waals surface area contributed by atoms with Crippen LogP contribution in [0.25, 0.3) is 0 Å². The lowest BCUT2D eigenvalue weighted by Crippen LogP contribution is -2.41. The van der Waals surface area contributed by atoms with Crippen LogP contribution in [0.3, 0.4) is 0 Å². The number of allylic oxidation sites excluding steroid dienone is 1. The van der Waals surface area contributed by atoms with Crippen molar-refractivity contribution in [3.05, 3.63) is 107 Å². The van der Waals surface area contributed by atoms with Crippen LogP contribution >= 0.6 is 0 Å². The Bertz CT molecular complexity index is 1430. The third kappa shape index (κ3) is 5.71. The zero-order valence-corrected chi connectivity index (χ0v) is 23.3. The van der Waals surface area contributed by atoms with Crippen LogP contribution < -0.4 is 9.47 Å². The third-order valence-corrected chi connectivity index (χ3v) is 7.67. The van der Waals surface area contributed by atoms with Gasteiger partial charge in [-0.25, -0.2) is 4.79 Å². The number of methoxy groups -OCH3 is 1. The van der Waals surface area contributed by atoms with Crippen molar-refractivity contribution in [1.29, 1.82) is 0 Å². The van der Waals surface area contributed by atoms with Gasteiger partial charge in [-0.15, -0.1) is 0 Å². The van der Waals surface area contributed by atoms with Gasteiger partial charge in [-0.05, 0) is 54.5 Å². The molecule has 3 atom stereocenters. The van der Waals surface area contributed by atoms with E-state index in [1.54, 1.807) is 7.11 Å². The quantitative estimate of drug-likeness (QED) is 0.281. The van der Waals surface area contributed by atoms with E-state index in [0.717, 1.165) is 28.8 Å². The Morgan fingerprint density at radius 3 is 2.33 bits per heavy atom. The SMILES string of the molecule is CCCOc1ccc([C@@H]2C(C(=O)OCc3ccccc3)=C(C)N=C3C[C@H](c4ccccc4)CC(=O)C32)cc1OC. The number of esters is 1. The van der Waals surface area contributed by atoms with Crippen LogP contribution in [0.5, 0.6) is 11.5 Å². The van der Waals surface area contributed by atoms with Gasteiger partial charge in [0.25, 0.3) is 0 Å². The molecule has 0 saturated heterocycles. The summed E-state index contributed by atoms with van der Waals surface area (Å²) < 4.78 is 17.3. The first kappa shape index (κ1) is 27.4. The number of Topliss-reactive ketones (excluding diaryl/α,β-unsaturated/α-hetero) is 1. The Morgan fingerprint density at radius 1 is 0.900 bits per heavy atom. The highest BCUT2D eigenvalue weighted by atomic mass is 16.5. The second kappa shape index (κ2) is 12.3. The minimum absolute atomic E-state index is 0.0584. The minimum Gasteiger partial charge on any atom is -0.493 e. The van der Waals surface area contributed by atoms with Gasteiger partial charge in [0, 0.05) is 23.7 Å². The molecule has 1 unspecified atom stereocenters. The lowest BCUT2D eigenvalue weighted by atomic mass is 9.66. The van der Waals surface area contributed by atoms with Crippen LogP contribution in [0.15, 0.2) is 95.1 Å². The largest absolute Gasteiger partial charge is 0.493 e. The van der Waals surface area contributed by atoms with Gasteiger partial charge in [-0.1, -0.05) is 73.7 Å². The van der Waals surface area contributed by atoms with Crippen molar-refractivity contribution >= 4 is 17.5 Å². The smallest absolute Gasteiger partial charge is 0.336 e. The fourth-order valence-electron chi connectivity index (χ4n) is 5.77. The Kier molecular flexibility index (Phi) is 8.44. The number of aliphatic imine (C=N–C) groups is 1. The van der Waals surface area contributed by atoms with Crippen molar-refractivity contribution < 1.29 is 23.8 Å². The summed E-state index contributed by atoms with van der Waals surface area (Å²) in [4.78, 5) is 32.5. The van der Waals surface area contributed by atoms with E-state index >= 15 is 0 Å². The van der Waals surface area contributed by atoms with Crippen molar-refractivity contribution in [2.24, 2.45) is 10.9 Å². The second-order valence-electron chi connectivity index (χ2n) is 10.4. The first-order valence-electron chi connectivity index (χ1n) is 13.9. The van der Waals surface area contributed by atoms with Gasteiger partial charge in [0.1, 0.15) is 12.4 Å². The molecule has 3 aromatic rings. The van der Waals surface area contributed by atoms with Crippen LogP contribution in [0, 0.1) is 5.92 Å². The fourth-order valence-corrected chi connectivity index (χ4v) is 5.77. The van der Waals surface area contributed by atoms with E-state index in [9.17, 15) is 9.59 Å². The molecule has 3 aromatic carbocycles. The molecule has 0 aromatic heterocycles. The normalized spacial score (nSPS) is 20.4. The summed E-state index contributed by atoms with van der Waals surface area (Å²) in [5.74, 6) is -0.208. The molecule has 1 heterocycles. The maximum Gasteiger partial charge on any atom is 0.336 e. The number of ether oxygens (including phenoxy) is 3. The Balaban J connectivity index is 1.54. The number of benzene rings is 3. The number of fused-ring (bicyclic) bond motifs is 1. The molecule has 0 amide bonds. The number of nitrogens with zero attached hydrogens (tertiary/aromatic N) is 1. The number of carbonyl (C=O) groups excluding carboxylic acids is 2. The molecule has 40 heavy (non-hydrogen) atoms. The molecular weight excluding hydrogens is 502 g/mol. The first-order chi connectivity index (χ1) is 19.5. The monoisotopic (exact) mass is 537 g/mol. The predicted molar refractivity (Wildman–Crippen MR) is 155 cm³/mol. The van der Waals surface area contributed by atoms with Crippen LogP contribution in [-0.4, -0.2) is 31.2 Å². The van der Waals surface area contributed by atoms with Crippen LogP contribution in [-0.2, 0) is 20.9 Å². The summed E-state index contributed by atoms with van der Waals surface area (Å²) in [5.41, 5.74) is 4.64. The molecule has 5 rings (SSSR count). The van der Waals surface area contributed by atoms with Crippen molar-refractivity contribution in [3.8, 4) is 11.5 Å². The van der Waals surface area contributed by atoms with Gasteiger partial charge in [-0.3, -0.25) is 9.79 Å². The molecule has 0 bridgehead atoms. The molecule has 1 fully saturated rings. The minimum atomic E-state index is -0.546. The average molecular weight is 538 g/mol. The second-order valence-corrected chi connectivity index (χ2v) is 10.4. The van der Waals surface area contributed by atoms with Crippen LogP contribution in [0.1, 0.15) is 61.6 Å². The summed E-state index contributed by atoms with van der Waals surface area (Å²) >= 11 is 0. The van der Waals surface area contributed by atoms with Gasteiger partial charge >= 0.3 is 5.97 Å². The molecule has 0 N–H and O–H groups in total. The van der Waals surface area contributed by atoms with E-state index in [-0.39, 0.29) is 18.3 Å². The maximum atomic E-state index is 13.9. The van der Waals surface area contributed by atoms with E-state index in [1.165, 1.54) is 0 Å². The van der Waals surface area contributed by atoms with Crippen molar-refractivity contribution in [2.45, 2.75) is 51.6 Å². The molecular formula is C34H35NO5. The van der Waals surface area contributed by atoms with E-state index in [2.05, 4.69) is 12.1 Å². The molecule has 0 radical (unpaired) electrons. The molecule has 1 aliphatic heterocycles. The highest BCUT2D eigenvalue weighted by Gasteiger charge is 2.46. The van der Waals surface area contributed by atoms with E-state index in [4.69, 9.17) is 19.2 Å². The fraction of sp³-hybridized carbons (Fsp3) is 0.324. The highest BCUT2D eigenvalue weighted by molar-refractivity contribution is 6.12. The Labute approximate surface area is 235 Å². The number of ketones is 1. The number of rotatable bonds is 9. The molecule has 6 nitrogen and oxygen atoms in total. The van der Waals surface area contributed by atoms with Crippen LogP contribution in [0.4, 0.5) is 0 Å². The van der Waals surface area contributed by atoms with Gasteiger partial charge in [-0.2, -0.15) is 0 Å². The lowest BCUT2D eigenvalue weighted by Gasteiger charge is -2.38. The summed E-state index contributed by atoms with van der Waals surface area (Å²) in [6.45, 7) is 4.58. The van der Waals surface area contributed by atoms with Gasteiger partial charge in [0.05, 0.1) is 25.2 Å². The van der Waals surface area contributed by atoms with E-state index in [0.29, 0.717) is 42.2 Å². The molecule has 0 spiro atoms.